The lowest BCUT2D eigenvalue weighted by molar-refractivity contribution is 0.0692. The minimum absolute atomic E-state index is 0.0760. The second-order valence-corrected chi connectivity index (χ2v) is 4.34. The maximum absolute atomic E-state index is 11.1. The second kappa shape index (κ2) is 5.44. The quantitative estimate of drug-likeness (QED) is 0.826. The number of benzene rings is 2. The zero-order valence-corrected chi connectivity index (χ0v) is 10.6. The molecule has 0 unspecified atom stereocenters. The van der Waals surface area contributed by atoms with Gasteiger partial charge >= 0.3 is 5.97 Å². The topological polar surface area (TPSA) is 72.5 Å². The molecular formula is C15H15NO3. The molecule has 3 N–H and O–H groups in total. The average Bonchev–Trinajstić information content (AvgIpc) is 2.39. The largest absolute Gasteiger partial charge is 0.488 e. The highest BCUT2D eigenvalue weighted by Crippen LogP contribution is 2.22. The van der Waals surface area contributed by atoms with Crippen LogP contribution in [0.1, 0.15) is 21.5 Å². The van der Waals surface area contributed by atoms with E-state index in [2.05, 4.69) is 0 Å². The Balaban J connectivity index is 2.15. The van der Waals surface area contributed by atoms with Crippen molar-refractivity contribution in [3.8, 4) is 5.75 Å². The van der Waals surface area contributed by atoms with Crippen LogP contribution in [0.25, 0.3) is 0 Å². The molecule has 0 aliphatic carbocycles. The maximum atomic E-state index is 11.1. The number of carboxylic acid groups (broad SMARTS) is 1. The lowest BCUT2D eigenvalue weighted by Gasteiger charge is -2.10. The van der Waals surface area contributed by atoms with Crippen molar-refractivity contribution in [2.75, 3.05) is 5.73 Å². The van der Waals surface area contributed by atoms with Gasteiger partial charge in [0.05, 0.1) is 0 Å². The second-order valence-electron chi connectivity index (χ2n) is 4.34. The number of carbonyl (C=O) groups is 1. The summed E-state index contributed by atoms with van der Waals surface area (Å²) in [7, 11) is 0. The zero-order chi connectivity index (χ0) is 13.8. The van der Waals surface area contributed by atoms with Crippen molar-refractivity contribution < 1.29 is 14.6 Å². The van der Waals surface area contributed by atoms with Gasteiger partial charge in [-0.3, -0.25) is 0 Å². The van der Waals surface area contributed by atoms with E-state index in [9.17, 15) is 4.79 Å². The summed E-state index contributed by atoms with van der Waals surface area (Å²) >= 11 is 0. The third-order valence-corrected chi connectivity index (χ3v) is 2.75. The Morgan fingerprint density at radius 1 is 1.21 bits per heavy atom. The standard InChI is InChI=1S/C15H15NO3/c1-10-2-4-11(5-3-10)9-19-14-7-6-12(16)8-13(14)15(17)18/h2-8H,9,16H2,1H3,(H,17,18). The number of aromatic carboxylic acids is 1. The number of nitrogens with two attached hydrogens (primary N) is 1. The molecule has 0 aliphatic heterocycles. The van der Waals surface area contributed by atoms with Gasteiger partial charge in [0.2, 0.25) is 0 Å². The smallest absolute Gasteiger partial charge is 0.339 e. The number of anilines is 1. The molecule has 2 aromatic carbocycles. The minimum Gasteiger partial charge on any atom is -0.488 e. The van der Waals surface area contributed by atoms with Gasteiger partial charge in [-0.15, -0.1) is 0 Å². The van der Waals surface area contributed by atoms with Crippen LogP contribution >= 0.6 is 0 Å². The Kier molecular flexibility index (Phi) is 3.71. The van der Waals surface area contributed by atoms with E-state index in [4.69, 9.17) is 15.6 Å². The average molecular weight is 257 g/mol. The summed E-state index contributed by atoms with van der Waals surface area (Å²) in [6.07, 6.45) is 0. The molecule has 98 valence electrons. The Bertz CT molecular complexity index is 591. The molecule has 4 heteroatoms. The Labute approximate surface area is 111 Å². The molecule has 0 atom stereocenters. The molecule has 19 heavy (non-hydrogen) atoms. The molecule has 4 nitrogen and oxygen atoms in total. The Morgan fingerprint density at radius 3 is 2.53 bits per heavy atom. The van der Waals surface area contributed by atoms with Crippen molar-refractivity contribution in [1.29, 1.82) is 0 Å². The van der Waals surface area contributed by atoms with Crippen molar-refractivity contribution in [2.45, 2.75) is 13.5 Å². The van der Waals surface area contributed by atoms with E-state index >= 15 is 0 Å². The highest BCUT2D eigenvalue weighted by atomic mass is 16.5. The van der Waals surface area contributed by atoms with Crippen molar-refractivity contribution in [1.82, 2.24) is 0 Å². The molecule has 0 bridgehead atoms. The molecular weight excluding hydrogens is 242 g/mol. The summed E-state index contributed by atoms with van der Waals surface area (Å²) in [5.41, 5.74) is 8.20. The normalized spacial score (nSPS) is 10.2. The van der Waals surface area contributed by atoms with Crippen LogP contribution in [0.3, 0.4) is 0 Å². The molecule has 0 spiro atoms. The molecule has 0 radical (unpaired) electrons. The van der Waals surface area contributed by atoms with E-state index in [0.717, 1.165) is 5.56 Å². The highest BCUT2D eigenvalue weighted by molar-refractivity contribution is 5.92. The molecule has 0 heterocycles. The molecule has 0 saturated heterocycles. The van der Waals surface area contributed by atoms with Gasteiger partial charge < -0.3 is 15.6 Å². The fraction of sp³-hybridized carbons (Fsp3) is 0.133. The lowest BCUT2D eigenvalue weighted by Crippen LogP contribution is -2.04. The summed E-state index contributed by atoms with van der Waals surface area (Å²) in [6, 6.07) is 12.5. The van der Waals surface area contributed by atoms with Crippen molar-refractivity contribution in [2.24, 2.45) is 0 Å². The first-order valence-corrected chi connectivity index (χ1v) is 5.87. The third-order valence-electron chi connectivity index (χ3n) is 2.75. The molecule has 0 amide bonds. The fourth-order valence-electron chi connectivity index (χ4n) is 1.69. The number of carboxylic acids is 1. The van der Waals surface area contributed by atoms with Crippen LogP contribution < -0.4 is 10.5 Å². The molecule has 0 fully saturated rings. The predicted molar refractivity (Wildman–Crippen MR) is 73.3 cm³/mol. The van der Waals surface area contributed by atoms with Crippen LogP contribution in [-0.2, 0) is 6.61 Å². The number of rotatable bonds is 4. The number of hydrogen-bond acceptors (Lipinski definition) is 3. The van der Waals surface area contributed by atoms with Crippen LogP contribution in [0.15, 0.2) is 42.5 Å². The van der Waals surface area contributed by atoms with E-state index < -0.39 is 5.97 Å². The molecule has 2 rings (SSSR count). The summed E-state index contributed by atoms with van der Waals surface area (Å²) in [6.45, 7) is 2.33. The Hall–Kier alpha value is -2.49. The third kappa shape index (κ3) is 3.25. The van der Waals surface area contributed by atoms with Crippen LogP contribution in [0, 0.1) is 6.92 Å². The maximum Gasteiger partial charge on any atom is 0.339 e. The van der Waals surface area contributed by atoms with E-state index in [-0.39, 0.29) is 5.56 Å². The van der Waals surface area contributed by atoms with Gasteiger partial charge in [-0.1, -0.05) is 29.8 Å². The van der Waals surface area contributed by atoms with Crippen LogP contribution in [-0.4, -0.2) is 11.1 Å². The lowest BCUT2D eigenvalue weighted by atomic mass is 10.1. The first kappa shape index (κ1) is 13.0. The van der Waals surface area contributed by atoms with Gasteiger partial charge in [-0.25, -0.2) is 4.79 Å². The van der Waals surface area contributed by atoms with Crippen molar-refractivity contribution in [3.05, 3.63) is 59.2 Å². The summed E-state index contributed by atoms with van der Waals surface area (Å²) in [4.78, 5) is 11.1. The van der Waals surface area contributed by atoms with Gasteiger partial charge in [0, 0.05) is 5.69 Å². The van der Waals surface area contributed by atoms with E-state index in [1.807, 2.05) is 31.2 Å². The number of hydrogen-bond donors (Lipinski definition) is 2. The first-order valence-electron chi connectivity index (χ1n) is 5.87. The van der Waals surface area contributed by atoms with Crippen LogP contribution in [0.5, 0.6) is 5.75 Å². The summed E-state index contributed by atoms with van der Waals surface area (Å²) < 4.78 is 5.54. The molecule has 0 aromatic heterocycles. The van der Waals surface area contributed by atoms with Crippen molar-refractivity contribution >= 4 is 11.7 Å². The van der Waals surface area contributed by atoms with Crippen LogP contribution in [0.2, 0.25) is 0 Å². The molecule has 0 aliphatic rings. The van der Waals surface area contributed by atoms with Gasteiger partial charge in [0.25, 0.3) is 0 Å². The number of nitrogen functional groups attached to an aromatic ring is 1. The van der Waals surface area contributed by atoms with E-state index in [0.29, 0.717) is 18.0 Å². The van der Waals surface area contributed by atoms with Crippen LogP contribution in [0.4, 0.5) is 5.69 Å². The van der Waals surface area contributed by atoms with Gasteiger partial charge in [0.15, 0.2) is 0 Å². The SMILES string of the molecule is Cc1ccc(COc2ccc(N)cc2C(=O)O)cc1. The minimum atomic E-state index is -1.05. The fourth-order valence-corrected chi connectivity index (χ4v) is 1.69. The summed E-state index contributed by atoms with van der Waals surface area (Å²) in [5.74, 6) is -0.728. The van der Waals surface area contributed by atoms with Gasteiger partial charge in [-0.05, 0) is 30.7 Å². The monoisotopic (exact) mass is 257 g/mol. The Morgan fingerprint density at radius 2 is 1.89 bits per heavy atom. The molecule has 2 aromatic rings. The number of ether oxygens (including phenoxy) is 1. The van der Waals surface area contributed by atoms with Crippen molar-refractivity contribution in [3.63, 3.8) is 0 Å². The highest BCUT2D eigenvalue weighted by Gasteiger charge is 2.11. The molecule has 0 saturated carbocycles. The predicted octanol–water partition coefficient (Wildman–Crippen LogP) is 2.85. The van der Waals surface area contributed by atoms with E-state index in [1.165, 1.54) is 11.6 Å². The van der Waals surface area contributed by atoms with Gasteiger partial charge in [0.1, 0.15) is 17.9 Å². The first-order chi connectivity index (χ1) is 9.06. The number of aryl methyl sites for hydroxylation is 1. The summed E-state index contributed by atoms with van der Waals surface area (Å²) in [5, 5.41) is 9.09. The van der Waals surface area contributed by atoms with Gasteiger partial charge in [-0.2, -0.15) is 0 Å². The van der Waals surface area contributed by atoms with E-state index in [1.54, 1.807) is 12.1 Å². The zero-order valence-electron chi connectivity index (χ0n) is 10.6.